The normalized spacial score (nSPS) is 31.2. The second-order valence-corrected chi connectivity index (χ2v) is 8.74. The third kappa shape index (κ3) is 7.46. The summed E-state index contributed by atoms with van der Waals surface area (Å²) in [6, 6.07) is 0. The van der Waals surface area contributed by atoms with E-state index in [-0.39, 0.29) is 0 Å². The van der Waals surface area contributed by atoms with Crippen LogP contribution in [-0.4, -0.2) is 12.7 Å². The first-order chi connectivity index (χ1) is 11.8. The summed E-state index contributed by atoms with van der Waals surface area (Å²) >= 11 is 0. The summed E-state index contributed by atoms with van der Waals surface area (Å²) in [5, 5.41) is 0. The van der Waals surface area contributed by atoms with Crippen molar-refractivity contribution in [1.82, 2.24) is 0 Å². The average Bonchev–Trinajstić information content (AvgIpc) is 2.63. The van der Waals surface area contributed by atoms with E-state index >= 15 is 0 Å². The molecule has 142 valence electrons. The van der Waals surface area contributed by atoms with Gasteiger partial charge in [0, 0.05) is 6.61 Å². The van der Waals surface area contributed by atoms with Gasteiger partial charge in [0.2, 0.25) is 0 Å². The van der Waals surface area contributed by atoms with Crippen molar-refractivity contribution in [2.75, 3.05) is 6.61 Å². The molecule has 0 atom stereocenters. The zero-order valence-corrected chi connectivity index (χ0v) is 16.7. The van der Waals surface area contributed by atoms with Crippen LogP contribution >= 0.6 is 0 Å². The molecule has 2 saturated carbocycles. The first-order valence-corrected chi connectivity index (χ1v) is 11.4. The SMILES string of the molecule is CCCCCCCC1CCC([C@H]2CC[C@H](OCCCC)CC2)CC1. The highest BCUT2D eigenvalue weighted by Crippen LogP contribution is 2.41. The van der Waals surface area contributed by atoms with Gasteiger partial charge >= 0.3 is 0 Å². The molecule has 2 aliphatic rings. The molecule has 1 nitrogen and oxygen atoms in total. The summed E-state index contributed by atoms with van der Waals surface area (Å²) < 4.78 is 6.05. The van der Waals surface area contributed by atoms with Gasteiger partial charge in [-0.2, -0.15) is 0 Å². The van der Waals surface area contributed by atoms with Crippen molar-refractivity contribution >= 4 is 0 Å². The maximum atomic E-state index is 6.05. The van der Waals surface area contributed by atoms with Gasteiger partial charge < -0.3 is 4.74 Å². The second-order valence-electron chi connectivity index (χ2n) is 8.74. The lowest BCUT2D eigenvalue weighted by molar-refractivity contribution is 0.00576. The van der Waals surface area contributed by atoms with Gasteiger partial charge in [-0.3, -0.25) is 0 Å². The Balaban J connectivity index is 1.53. The van der Waals surface area contributed by atoms with E-state index in [9.17, 15) is 0 Å². The highest BCUT2D eigenvalue weighted by atomic mass is 16.5. The summed E-state index contributed by atoms with van der Waals surface area (Å²) in [7, 11) is 0. The monoisotopic (exact) mass is 336 g/mol. The molecule has 0 N–H and O–H groups in total. The van der Waals surface area contributed by atoms with Crippen LogP contribution in [0.1, 0.15) is 117 Å². The van der Waals surface area contributed by atoms with E-state index in [2.05, 4.69) is 13.8 Å². The van der Waals surface area contributed by atoms with Gasteiger partial charge in [0.25, 0.3) is 0 Å². The Hall–Kier alpha value is -0.0400. The van der Waals surface area contributed by atoms with Crippen LogP contribution in [0.3, 0.4) is 0 Å². The molecule has 2 rings (SSSR count). The quantitative estimate of drug-likeness (QED) is 0.354. The summed E-state index contributed by atoms with van der Waals surface area (Å²) in [5.74, 6) is 3.15. The van der Waals surface area contributed by atoms with Gasteiger partial charge in [-0.25, -0.2) is 0 Å². The molecule has 0 spiro atoms. The molecule has 0 aromatic heterocycles. The minimum absolute atomic E-state index is 0.590. The first kappa shape index (κ1) is 20.3. The lowest BCUT2D eigenvalue weighted by Gasteiger charge is -2.38. The van der Waals surface area contributed by atoms with Gasteiger partial charge in [0.05, 0.1) is 6.10 Å². The lowest BCUT2D eigenvalue weighted by atomic mass is 9.70. The van der Waals surface area contributed by atoms with E-state index in [1.165, 1.54) is 103 Å². The van der Waals surface area contributed by atoms with Crippen LogP contribution in [0, 0.1) is 17.8 Å². The molecule has 0 aliphatic heterocycles. The Bertz CT molecular complexity index is 284. The number of unbranched alkanes of at least 4 members (excludes halogenated alkanes) is 5. The second kappa shape index (κ2) is 12.3. The van der Waals surface area contributed by atoms with Crippen LogP contribution in [0.4, 0.5) is 0 Å². The first-order valence-electron chi connectivity index (χ1n) is 11.4. The zero-order chi connectivity index (χ0) is 17.0. The Labute approximate surface area is 152 Å². The maximum Gasteiger partial charge on any atom is 0.0575 e. The summed E-state index contributed by atoms with van der Waals surface area (Å²) in [6.45, 7) is 5.56. The molecular formula is C23H44O. The maximum absolute atomic E-state index is 6.05. The van der Waals surface area contributed by atoms with E-state index in [1.807, 2.05) is 0 Å². The van der Waals surface area contributed by atoms with Crippen LogP contribution in [0.5, 0.6) is 0 Å². The topological polar surface area (TPSA) is 9.23 Å². The van der Waals surface area contributed by atoms with Crippen LogP contribution < -0.4 is 0 Å². The third-order valence-electron chi connectivity index (χ3n) is 6.84. The van der Waals surface area contributed by atoms with Crippen LogP contribution in [0.15, 0.2) is 0 Å². The predicted octanol–water partition coefficient (Wildman–Crippen LogP) is 7.53. The van der Waals surface area contributed by atoms with Crippen LogP contribution in [0.2, 0.25) is 0 Å². The molecule has 0 saturated heterocycles. The molecule has 0 aromatic rings. The van der Waals surface area contributed by atoms with Gasteiger partial charge in [0.15, 0.2) is 0 Å². The van der Waals surface area contributed by atoms with E-state index < -0.39 is 0 Å². The number of hydrogen-bond acceptors (Lipinski definition) is 1. The van der Waals surface area contributed by atoms with Gasteiger partial charge in [-0.1, -0.05) is 71.6 Å². The van der Waals surface area contributed by atoms with Crippen molar-refractivity contribution in [1.29, 1.82) is 0 Å². The standard InChI is InChI=1S/C23H44O/c1-3-5-7-8-9-10-20-11-13-21(14-12-20)22-15-17-23(18-16-22)24-19-6-4-2/h20-23H,3-19H2,1-2H3/t20?,21?,22-,23-. The molecule has 0 bridgehead atoms. The molecular weight excluding hydrogens is 292 g/mol. The van der Waals surface area contributed by atoms with Gasteiger partial charge in [0.1, 0.15) is 0 Å². The summed E-state index contributed by atoms with van der Waals surface area (Å²) in [4.78, 5) is 0. The van der Waals surface area contributed by atoms with Crippen molar-refractivity contribution in [3.63, 3.8) is 0 Å². The number of rotatable bonds is 11. The number of hydrogen-bond donors (Lipinski definition) is 0. The van der Waals surface area contributed by atoms with E-state index in [1.54, 1.807) is 0 Å². The third-order valence-corrected chi connectivity index (χ3v) is 6.84. The van der Waals surface area contributed by atoms with Gasteiger partial charge in [-0.15, -0.1) is 0 Å². The summed E-state index contributed by atoms with van der Waals surface area (Å²) in [6.07, 6.45) is 23.6. The molecule has 0 amide bonds. The van der Waals surface area contributed by atoms with Crippen molar-refractivity contribution < 1.29 is 4.74 Å². The molecule has 2 aliphatic carbocycles. The Morgan fingerprint density at radius 3 is 1.83 bits per heavy atom. The molecule has 0 aromatic carbocycles. The molecule has 24 heavy (non-hydrogen) atoms. The predicted molar refractivity (Wildman–Crippen MR) is 105 cm³/mol. The van der Waals surface area contributed by atoms with Crippen LogP contribution in [-0.2, 0) is 4.74 Å². The van der Waals surface area contributed by atoms with Crippen molar-refractivity contribution in [3.8, 4) is 0 Å². The fourth-order valence-electron chi connectivity index (χ4n) is 5.11. The fraction of sp³-hybridized carbons (Fsp3) is 1.00. The molecule has 0 heterocycles. The molecule has 2 fully saturated rings. The Morgan fingerprint density at radius 2 is 1.21 bits per heavy atom. The Kier molecular flexibility index (Phi) is 10.4. The molecule has 0 unspecified atom stereocenters. The van der Waals surface area contributed by atoms with E-state index in [0.29, 0.717) is 6.10 Å². The number of ether oxygens (including phenoxy) is 1. The molecule has 1 heteroatoms. The Morgan fingerprint density at radius 1 is 0.625 bits per heavy atom. The largest absolute Gasteiger partial charge is 0.378 e. The zero-order valence-electron chi connectivity index (χ0n) is 16.7. The van der Waals surface area contributed by atoms with Crippen molar-refractivity contribution in [2.24, 2.45) is 17.8 Å². The van der Waals surface area contributed by atoms with E-state index in [4.69, 9.17) is 4.74 Å². The van der Waals surface area contributed by atoms with E-state index in [0.717, 1.165) is 24.4 Å². The molecule has 0 radical (unpaired) electrons. The van der Waals surface area contributed by atoms with Crippen molar-refractivity contribution in [2.45, 2.75) is 123 Å². The highest BCUT2D eigenvalue weighted by Gasteiger charge is 2.30. The minimum atomic E-state index is 0.590. The van der Waals surface area contributed by atoms with Crippen molar-refractivity contribution in [3.05, 3.63) is 0 Å². The van der Waals surface area contributed by atoms with Gasteiger partial charge in [-0.05, 0) is 62.7 Å². The van der Waals surface area contributed by atoms with Crippen LogP contribution in [0.25, 0.3) is 0 Å². The smallest absolute Gasteiger partial charge is 0.0575 e. The highest BCUT2D eigenvalue weighted by molar-refractivity contribution is 4.82. The average molecular weight is 337 g/mol. The summed E-state index contributed by atoms with van der Waals surface area (Å²) in [5.41, 5.74) is 0. The minimum Gasteiger partial charge on any atom is -0.378 e. The lowest BCUT2D eigenvalue weighted by Crippen LogP contribution is -2.28. The fourth-order valence-corrected chi connectivity index (χ4v) is 5.11.